The van der Waals surface area contributed by atoms with Crippen molar-refractivity contribution < 1.29 is 37.0 Å². The number of halogens is 3. The molecular weight excluding hydrogens is 493 g/mol. The van der Waals surface area contributed by atoms with E-state index in [9.17, 15) is 22.8 Å². The quantitative estimate of drug-likeness (QED) is 0.488. The summed E-state index contributed by atoms with van der Waals surface area (Å²) in [6.45, 7) is 1.35. The van der Waals surface area contributed by atoms with Crippen LogP contribution < -0.4 is 20.5 Å². The number of hydrogen-bond donors (Lipinski definition) is 2. The van der Waals surface area contributed by atoms with Gasteiger partial charge < -0.3 is 25.3 Å². The minimum atomic E-state index is -4.57. The van der Waals surface area contributed by atoms with Crippen LogP contribution in [0.4, 0.5) is 13.2 Å². The molecule has 9 nitrogen and oxygen atoms in total. The molecule has 2 heterocycles. The van der Waals surface area contributed by atoms with E-state index in [4.69, 9.17) is 19.9 Å². The summed E-state index contributed by atoms with van der Waals surface area (Å²) >= 11 is 0. The zero-order valence-corrected chi connectivity index (χ0v) is 19.8. The molecule has 3 N–H and O–H groups in total. The van der Waals surface area contributed by atoms with Crippen molar-refractivity contribution in [3.8, 4) is 17.2 Å². The molecule has 0 radical (unpaired) electrons. The molecule has 0 unspecified atom stereocenters. The van der Waals surface area contributed by atoms with Crippen molar-refractivity contribution in [1.82, 2.24) is 15.3 Å². The third-order valence-corrected chi connectivity index (χ3v) is 5.26. The number of amides is 2. The summed E-state index contributed by atoms with van der Waals surface area (Å²) in [6, 6.07) is 10.0. The normalized spacial score (nSPS) is 14.8. The van der Waals surface area contributed by atoms with Crippen molar-refractivity contribution in [3.63, 3.8) is 0 Å². The monoisotopic (exact) mass is 518 g/mol. The largest absolute Gasteiger partial charge is 0.497 e. The van der Waals surface area contributed by atoms with Gasteiger partial charge in [-0.1, -0.05) is 12.1 Å². The predicted molar refractivity (Wildman–Crippen MR) is 126 cm³/mol. The third-order valence-electron chi connectivity index (χ3n) is 5.26. The minimum absolute atomic E-state index is 0.0640. The number of ether oxygens (including phenoxy) is 3. The summed E-state index contributed by atoms with van der Waals surface area (Å²) in [4.78, 5) is 29.5. The summed E-state index contributed by atoms with van der Waals surface area (Å²) in [5.41, 5.74) is 5.12. The lowest BCUT2D eigenvalue weighted by molar-refractivity contribution is -0.138. The van der Waals surface area contributed by atoms with Crippen LogP contribution >= 0.6 is 0 Å². The zero-order valence-electron chi connectivity index (χ0n) is 19.8. The van der Waals surface area contributed by atoms with Gasteiger partial charge in [-0.15, -0.1) is 0 Å². The first-order valence-corrected chi connectivity index (χ1v) is 11.1. The highest BCUT2D eigenvalue weighted by molar-refractivity contribution is 5.91. The molecule has 0 aliphatic carbocycles. The second-order valence-corrected chi connectivity index (χ2v) is 7.88. The van der Waals surface area contributed by atoms with Crippen molar-refractivity contribution in [2.75, 3.05) is 20.3 Å². The Hall–Kier alpha value is -4.19. The first-order chi connectivity index (χ1) is 17.7. The SMILES string of the molecule is COc1ccc(Oc2ccc(CNC(=O)[C@@H]3CCOC3)cc2)c(C(F)(F)F)c1.NC(=O)c1cncnc1. The molecule has 2 amide bonds. The molecule has 1 aliphatic heterocycles. The Morgan fingerprint density at radius 1 is 1.11 bits per heavy atom. The van der Waals surface area contributed by atoms with Crippen molar-refractivity contribution in [2.45, 2.75) is 19.1 Å². The van der Waals surface area contributed by atoms with Gasteiger partial charge in [0, 0.05) is 25.5 Å². The van der Waals surface area contributed by atoms with Crippen LogP contribution in [-0.4, -0.2) is 42.1 Å². The van der Waals surface area contributed by atoms with Crippen LogP contribution in [0.3, 0.4) is 0 Å². The van der Waals surface area contributed by atoms with Crippen LogP contribution in [0.1, 0.15) is 27.9 Å². The number of methoxy groups -OCH3 is 1. The van der Waals surface area contributed by atoms with E-state index in [1.807, 2.05) is 0 Å². The second-order valence-electron chi connectivity index (χ2n) is 7.88. The molecule has 12 heteroatoms. The Balaban J connectivity index is 0.000000356. The van der Waals surface area contributed by atoms with E-state index in [0.29, 0.717) is 31.7 Å². The maximum absolute atomic E-state index is 13.3. The van der Waals surface area contributed by atoms with Gasteiger partial charge in [-0.25, -0.2) is 9.97 Å². The molecule has 37 heavy (non-hydrogen) atoms. The van der Waals surface area contributed by atoms with Crippen molar-refractivity contribution in [2.24, 2.45) is 11.7 Å². The number of aromatic nitrogens is 2. The summed E-state index contributed by atoms with van der Waals surface area (Å²) in [6.07, 6.45) is 0.219. The standard InChI is InChI=1S/C20H20F3NO4.C5H5N3O/c1-26-16-6-7-18(17(10-16)20(21,22)23)28-15-4-2-13(3-5-15)11-24-19(25)14-8-9-27-12-14;6-5(9)4-1-7-3-8-2-4/h2-7,10,14H,8-9,11-12H2,1H3,(H,24,25);1-3H,(H2,6,9)/t14-;/m1./s1. The molecule has 3 aromatic rings. The van der Waals surface area contributed by atoms with Gasteiger partial charge >= 0.3 is 6.18 Å². The lowest BCUT2D eigenvalue weighted by Crippen LogP contribution is -2.30. The molecule has 0 saturated carbocycles. The molecule has 0 spiro atoms. The smallest absolute Gasteiger partial charge is 0.420 e. The third kappa shape index (κ3) is 8.17. The average molecular weight is 518 g/mol. The number of benzene rings is 2. The first kappa shape index (κ1) is 27.4. The summed E-state index contributed by atoms with van der Waals surface area (Å²) in [7, 11) is 1.30. The molecule has 4 rings (SSSR count). The van der Waals surface area contributed by atoms with E-state index in [2.05, 4.69) is 15.3 Å². The first-order valence-electron chi connectivity index (χ1n) is 11.1. The fourth-order valence-electron chi connectivity index (χ4n) is 3.25. The molecular formula is C25H25F3N4O5. The fourth-order valence-corrected chi connectivity index (χ4v) is 3.25. The number of nitrogens with one attached hydrogen (secondary N) is 1. The van der Waals surface area contributed by atoms with Gasteiger partial charge in [0.25, 0.3) is 5.91 Å². The number of nitrogens with two attached hydrogens (primary N) is 1. The minimum Gasteiger partial charge on any atom is -0.497 e. The van der Waals surface area contributed by atoms with Crippen LogP contribution in [-0.2, 0) is 22.3 Å². The molecule has 1 fully saturated rings. The van der Waals surface area contributed by atoms with Gasteiger partial charge in [0.05, 0.1) is 25.2 Å². The van der Waals surface area contributed by atoms with E-state index >= 15 is 0 Å². The second kappa shape index (κ2) is 12.7. The Morgan fingerprint density at radius 2 is 1.78 bits per heavy atom. The number of carbonyl (C=O) groups excluding carboxylic acids is 2. The Morgan fingerprint density at radius 3 is 2.32 bits per heavy atom. The topological polar surface area (TPSA) is 126 Å². The fraction of sp³-hybridized carbons (Fsp3) is 0.280. The van der Waals surface area contributed by atoms with Crippen molar-refractivity contribution in [3.05, 3.63) is 77.9 Å². The summed E-state index contributed by atoms with van der Waals surface area (Å²) in [5.74, 6) is -0.649. The van der Waals surface area contributed by atoms with Crippen molar-refractivity contribution in [1.29, 1.82) is 0 Å². The number of carbonyl (C=O) groups is 2. The van der Waals surface area contributed by atoms with Gasteiger partial charge in [-0.3, -0.25) is 9.59 Å². The summed E-state index contributed by atoms with van der Waals surface area (Å²) < 4.78 is 55.2. The maximum atomic E-state index is 13.3. The maximum Gasteiger partial charge on any atom is 0.420 e. The van der Waals surface area contributed by atoms with Crippen LogP contribution in [0.15, 0.2) is 61.2 Å². The van der Waals surface area contributed by atoms with E-state index < -0.39 is 17.6 Å². The molecule has 1 aromatic heterocycles. The predicted octanol–water partition coefficient (Wildman–Crippen LogP) is 3.73. The lowest BCUT2D eigenvalue weighted by atomic mass is 10.1. The zero-order chi connectivity index (χ0) is 26.8. The van der Waals surface area contributed by atoms with Crippen LogP contribution in [0.2, 0.25) is 0 Å². The van der Waals surface area contributed by atoms with E-state index in [1.165, 1.54) is 38.0 Å². The average Bonchev–Trinajstić information content (AvgIpc) is 3.44. The number of rotatable bonds is 7. The van der Waals surface area contributed by atoms with E-state index in [1.54, 1.807) is 24.3 Å². The number of nitrogens with zero attached hydrogens (tertiary/aromatic N) is 2. The van der Waals surface area contributed by atoms with Crippen molar-refractivity contribution >= 4 is 11.8 Å². The van der Waals surface area contributed by atoms with E-state index in [0.717, 1.165) is 11.6 Å². The highest BCUT2D eigenvalue weighted by atomic mass is 19.4. The number of alkyl halides is 3. The van der Waals surface area contributed by atoms with Gasteiger partial charge in [-0.05, 0) is 42.3 Å². The molecule has 0 bridgehead atoms. The summed E-state index contributed by atoms with van der Waals surface area (Å²) in [5, 5.41) is 2.83. The number of primary amides is 1. The van der Waals surface area contributed by atoms with Gasteiger partial charge in [0.15, 0.2) is 0 Å². The van der Waals surface area contributed by atoms with Crippen LogP contribution in [0, 0.1) is 5.92 Å². The lowest BCUT2D eigenvalue weighted by Gasteiger charge is -2.15. The Labute approximate surface area is 210 Å². The highest BCUT2D eigenvalue weighted by Crippen LogP contribution is 2.40. The van der Waals surface area contributed by atoms with Gasteiger partial charge in [0.2, 0.25) is 5.91 Å². The molecule has 2 aromatic carbocycles. The Kier molecular flexibility index (Phi) is 9.39. The van der Waals surface area contributed by atoms with Gasteiger partial charge in [0.1, 0.15) is 29.1 Å². The highest BCUT2D eigenvalue weighted by Gasteiger charge is 2.35. The van der Waals surface area contributed by atoms with Gasteiger partial charge in [-0.2, -0.15) is 13.2 Å². The molecule has 1 saturated heterocycles. The van der Waals surface area contributed by atoms with E-state index in [-0.39, 0.29) is 29.1 Å². The number of hydrogen-bond acceptors (Lipinski definition) is 7. The van der Waals surface area contributed by atoms with Crippen LogP contribution in [0.25, 0.3) is 0 Å². The molecule has 1 atom stereocenters. The Bertz CT molecular complexity index is 1190. The van der Waals surface area contributed by atoms with Crippen LogP contribution in [0.5, 0.6) is 17.2 Å². The molecule has 196 valence electrons. The molecule has 1 aliphatic rings.